The molecule has 0 radical (unpaired) electrons. The first kappa shape index (κ1) is 29.7. The van der Waals surface area contributed by atoms with E-state index in [2.05, 4.69) is 195 Å². The minimum absolute atomic E-state index is 0.101. The molecule has 1 nitrogen and oxygen atoms in total. The molecule has 1 aromatic heterocycles. The van der Waals surface area contributed by atoms with Crippen LogP contribution in [0.4, 0.5) is 0 Å². The number of rotatable bonds is 5. The van der Waals surface area contributed by atoms with Crippen molar-refractivity contribution < 1.29 is 0 Å². The molecule has 0 N–H and O–H groups in total. The molecular formula is C47H39NSi. The van der Waals surface area contributed by atoms with Gasteiger partial charge in [-0.15, -0.1) is 0 Å². The number of fused-ring (bicyclic) bond motifs is 7. The van der Waals surface area contributed by atoms with Crippen molar-refractivity contribution >= 4 is 50.6 Å². The zero-order valence-electron chi connectivity index (χ0n) is 28.3. The van der Waals surface area contributed by atoms with Gasteiger partial charge in [-0.05, 0) is 72.2 Å². The first-order valence-corrected chi connectivity index (χ1v) is 19.4. The van der Waals surface area contributed by atoms with Gasteiger partial charge >= 0.3 is 0 Å². The first-order valence-electron chi connectivity index (χ1n) is 17.4. The average molecular weight is 646 g/mol. The molecule has 236 valence electrons. The summed E-state index contributed by atoms with van der Waals surface area (Å²) in [6.45, 7) is 6.92. The second-order valence-electron chi connectivity index (χ2n) is 14.5. The van der Waals surface area contributed by atoms with Gasteiger partial charge < -0.3 is 4.57 Å². The van der Waals surface area contributed by atoms with Crippen molar-refractivity contribution in [1.29, 1.82) is 0 Å². The summed E-state index contributed by atoms with van der Waals surface area (Å²) in [5.41, 5.74) is 10.9. The molecule has 8 aromatic rings. The average Bonchev–Trinajstić information content (AvgIpc) is 3.69. The predicted molar refractivity (Wildman–Crippen MR) is 211 cm³/mol. The summed E-state index contributed by atoms with van der Waals surface area (Å²) in [6.07, 6.45) is 0.944. The van der Waals surface area contributed by atoms with E-state index in [-0.39, 0.29) is 5.41 Å². The van der Waals surface area contributed by atoms with Gasteiger partial charge in [-0.25, -0.2) is 0 Å². The van der Waals surface area contributed by atoms with Gasteiger partial charge in [0.2, 0.25) is 0 Å². The van der Waals surface area contributed by atoms with Crippen molar-refractivity contribution in [3.63, 3.8) is 0 Å². The zero-order valence-corrected chi connectivity index (χ0v) is 29.3. The molecule has 0 amide bonds. The Bertz CT molecular complexity index is 2370. The fourth-order valence-corrected chi connectivity index (χ4v) is 13.2. The van der Waals surface area contributed by atoms with Gasteiger partial charge in [0, 0.05) is 22.9 Å². The molecule has 1 aliphatic rings. The molecule has 0 atom stereocenters. The van der Waals surface area contributed by atoms with Gasteiger partial charge in [0.25, 0.3) is 0 Å². The topological polar surface area (TPSA) is 4.93 Å². The summed E-state index contributed by atoms with van der Waals surface area (Å²) in [6, 6.07) is 64.0. The first-order chi connectivity index (χ1) is 23.9. The van der Waals surface area contributed by atoms with E-state index in [9.17, 15) is 0 Å². The van der Waals surface area contributed by atoms with Gasteiger partial charge in [0.15, 0.2) is 8.07 Å². The Morgan fingerprint density at radius 2 is 1.06 bits per heavy atom. The molecule has 7 aromatic carbocycles. The molecule has 0 aliphatic heterocycles. The maximum atomic E-state index is 2.54. The molecule has 0 saturated heterocycles. The summed E-state index contributed by atoms with van der Waals surface area (Å²) in [4.78, 5) is 0. The molecule has 9 rings (SSSR count). The van der Waals surface area contributed by atoms with Gasteiger partial charge in [-0.1, -0.05) is 172 Å². The molecule has 2 heteroatoms. The molecule has 0 spiro atoms. The van der Waals surface area contributed by atoms with E-state index < -0.39 is 8.07 Å². The second-order valence-corrected chi connectivity index (χ2v) is 18.3. The van der Waals surface area contributed by atoms with Crippen LogP contribution in [0.25, 0.3) is 38.6 Å². The minimum Gasteiger partial charge on any atom is -0.309 e. The molecular weight excluding hydrogens is 607 g/mol. The maximum Gasteiger partial charge on any atom is 0.179 e. The van der Waals surface area contributed by atoms with Crippen LogP contribution < -0.4 is 20.7 Å². The van der Waals surface area contributed by atoms with E-state index >= 15 is 0 Å². The molecule has 0 saturated carbocycles. The summed E-state index contributed by atoms with van der Waals surface area (Å²) in [5, 5.41) is 8.21. The van der Waals surface area contributed by atoms with Crippen molar-refractivity contribution in [2.24, 2.45) is 0 Å². The number of hydrogen-bond donors (Lipinski definition) is 0. The van der Waals surface area contributed by atoms with Gasteiger partial charge in [-0.3, -0.25) is 0 Å². The smallest absolute Gasteiger partial charge is 0.179 e. The van der Waals surface area contributed by atoms with E-state index in [4.69, 9.17) is 0 Å². The third kappa shape index (κ3) is 4.59. The lowest BCUT2D eigenvalue weighted by Crippen LogP contribution is -2.74. The summed E-state index contributed by atoms with van der Waals surface area (Å²) in [5.74, 6) is 0. The van der Waals surface area contributed by atoms with Crippen LogP contribution in [-0.4, -0.2) is 12.6 Å². The van der Waals surface area contributed by atoms with E-state index in [0.29, 0.717) is 0 Å². The molecule has 0 bridgehead atoms. The fourth-order valence-electron chi connectivity index (χ4n) is 8.39. The highest BCUT2D eigenvalue weighted by molar-refractivity contribution is 7.20. The molecule has 0 unspecified atom stereocenters. The van der Waals surface area contributed by atoms with Crippen molar-refractivity contribution in [3.05, 3.63) is 187 Å². The van der Waals surface area contributed by atoms with Crippen LogP contribution in [0.1, 0.15) is 37.5 Å². The van der Waals surface area contributed by atoms with E-state index in [1.54, 1.807) is 0 Å². The largest absolute Gasteiger partial charge is 0.309 e. The van der Waals surface area contributed by atoms with Crippen LogP contribution in [0.5, 0.6) is 0 Å². The SMILES string of the molecule is CC(C)(C)c1ccc2c(c1)-c1ccc3c4cc([Si](c5ccccc5)(c5ccccc5)c5ccccc5)ccc4n(-c4ccccc4)c3c1C2. The maximum absolute atomic E-state index is 2.68. The van der Waals surface area contributed by atoms with Crippen molar-refractivity contribution in [2.45, 2.75) is 32.6 Å². The Hall–Kier alpha value is -5.44. The van der Waals surface area contributed by atoms with Crippen LogP contribution in [0.15, 0.2) is 170 Å². The lowest BCUT2D eigenvalue weighted by atomic mass is 9.85. The standard InChI is InChI=1S/C47H39NSi/c1-47(2,3)34-25-24-33-30-44-40(42(33)31-34)27-28-41-43-32-39(26-29-45(43)48(46(41)44)35-16-8-4-9-17-35)49(36-18-10-5-11-19-36,37-20-12-6-13-21-37)38-22-14-7-15-23-38/h4-29,31-32H,30H2,1-3H3. The van der Waals surface area contributed by atoms with E-state index in [0.717, 1.165) is 6.42 Å². The van der Waals surface area contributed by atoms with Gasteiger partial charge in [0.05, 0.1) is 11.0 Å². The highest BCUT2D eigenvalue weighted by Gasteiger charge is 2.41. The number of hydrogen-bond acceptors (Lipinski definition) is 0. The Morgan fingerprint density at radius 1 is 0.490 bits per heavy atom. The Kier molecular flexibility index (Phi) is 6.86. The number of para-hydroxylation sites is 1. The Balaban J connectivity index is 1.37. The van der Waals surface area contributed by atoms with Crippen LogP contribution in [0.3, 0.4) is 0 Å². The van der Waals surface area contributed by atoms with Crippen LogP contribution >= 0.6 is 0 Å². The lowest BCUT2D eigenvalue weighted by molar-refractivity contribution is 0.590. The second kappa shape index (κ2) is 11.3. The normalized spacial score (nSPS) is 12.7. The predicted octanol–water partition coefficient (Wildman–Crippen LogP) is 9.03. The summed E-state index contributed by atoms with van der Waals surface area (Å²) in [7, 11) is -2.68. The Labute approximate surface area is 290 Å². The molecule has 1 aliphatic carbocycles. The monoisotopic (exact) mass is 645 g/mol. The van der Waals surface area contributed by atoms with Gasteiger partial charge in [-0.2, -0.15) is 0 Å². The van der Waals surface area contributed by atoms with Crippen LogP contribution in [0.2, 0.25) is 0 Å². The number of nitrogens with zero attached hydrogens (tertiary/aromatic N) is 1. The van der Waals surface area contributed by atoms with Gasteiger partial charge in [0.1, 0.15) is 0 Å². The number of benzene rings is 7. The highest BCUT2D eigenvalue weighted by Crippen LogP contribution is 2.45. The summed E-state index contributed by atoms with van der Waals surface area (Å²) >= 11 is 0. The minimum atomic E-state index is -2.68. The quantitative estimate of drug-likeness (QED) is 0.130. The zero-order chi connectivity index (χ0) is 33.2. The highest BCUT2D eigenvalue weighted by atomic mass is 28.3. The Morgan fingerprint density at radius 3 is 1.63 bits per heavy atom. The third-order valence-electron chi connectivity index (χ3n) is 10.7. The lowest BCUT2D eigenvalue weighted by Gasteiger charge is -2.34. The third-order valence-corrected chi connectivity index (χ3v) is 15.5. The number of aromatic nitrogens is 1. The van der Waals surface area contributed by atoms with Crippen molar-refractivity contribution in [3.8, 4) is 16.8 Å². The van der Waals surface area contributed by atoms with E-state index in [1.165, 1.54) is 76.1 Å². The molecule has 0 fully saturated rings. The molecule has 49 heavy (non-hydrogen) atoms. The summed E-state index contributed by atoms with van der Waals surface area (Å²) < 4.78 is 2.53. The van der Waals surface area contributed by atoms with Crippen LogP contribution in [0, 0.1) is 0 Å². The fraction of sp³-hybridized carbons (Fsp3) is 0.106. The molecule has 1 heterocycles. The van der Waals surface area contributed by atoms with Crippen LogP contribution in [-0.2, 0) is 11.8 Å². The van der Waals surface area contributed by atoms with E-state index in [1.807, 2.05) is 0 Å². The van der Waals surface area contributed by atoms with Crippen molar-refractivity contribution in [1.82, 2.24) is 4.57 Å². The van der Waals surface area contributed by atoms with Crippen molar-refractivity contribution in [2.75, 3.05) is 0 Å².